The van der Waals surface area contributed by atoms with Gasteiger partial charge in [0, 0.05) is 32.6 Å². The van der Waals surface area contributed by atoms with Crippen molar-refractivity contribution in [3.8, 4) is 0 Å². The van der Waals surface area contributed by atoms with Crippen molar-refractivity contribution < 1.29 is 4.79 Å². The van der Waals surface area contributed by atoms with Gasteiger partial charge < -0.3 is 10.2 Å². The highest BCUT2D eigenvalue weighted by molar-refractivity contribution is 9.11. The number of nitrogens with one attached hydrogen (secondary N) is 1. The summed E-state index contributed by atoms with van der Waals surface area (Å²) in [6, 6.07) is 2.75. The van der Waals surface area contributed by atoms with Gasteiger partial charge in [-0.25, -0.2) is 0 Å². The van der Waals surface area contributed by atoms with Gasteiger partial charge in [0.05, 0.1) is 3.79 Å². The molecule has 1 heterocycles. The highest BCUT2D eigenvalue weighted by Gasteiger charge is 2.20. The molecule has 17 heavy (non-hydrogen) atoms. The minimum absolute atomic E-state index is 0.209. The Morgan fingerprint density at radius 3 is 3.00 bits per heavy atom. The van der Waals surface area contributed by atoms with E-state index in [0.717, 1.165) is 10.3 Å². The van der Waals surface area contributed by atoms with Crippen LogP contribution in [0, 0.1) is 0 Å². The second-order valence-electron chi connectivity index (χ2n) is 4.49. The summed E-state index contributed by atoms with van der Waals surface area (Å²) in [5.74, 6) is 0.209. The fourth-order valence-corrected chi connectivity index (χ4v) is 2.85. The topological polar surface area (TPSA) is 32.3 Å². The summed E-state index contributed by atoms with van der Waals surface area (Å²) in [6.07, 6.45) is 3.14. The Kier molecular flexibility index (Phi) is 4.59. The molecule has 94 valence electrons. The number of thiophene rings is 1. The molecule has 3 nitrogen and oxygen atoms in total. The summed E-state index contributed by atoms with van der Waals surface area (Å²) >= 11 is 5.08. The number of nitrogens with zero attached hydrogens (tertiary/aromatic N) is 1. The van der Waals surface area contributed by atoms with E-state index in [0.29, 0.717) is 19.0 Å². The molecule has 0 atom stereocenters. The largest absolute Gasteiger partial charge is 0.341 e. The first-order valence-electron chi connectivity index (χ1n) is 5.85. The molecule has 0 radical (unpaired) electrons. The van der Waals surface area contributed by atoms with Gasteiger partial charge in [0.2, 0.25) is 5.91 Å². The van der Waals surface area contributed by atoms with Crippen LogP contribution in [0.5, 0.6) is 0 Å². The highest BCUT2D eigenvalue weighted by Crippen LogP contribution is 2.21. The zero-order valence-electron chi connectivity index (χ0n) is 9.91. The Hall–Kier alpha value is -0.390. The van der Waals surface area contributed by atoms with Crippen molar-refractivity contribution in [3.05, 3.63) is 20.8 Å². The lowest BCUT2D eigenvalue weighted by atomic mass is 10.3. The number of carbonyl (C=O) groups is 1. The molecule has 1 N–H and O–H groups in total. The first-order valence-corrected chi connectivity index (χ1v) is 7.52. The lowest BCUT2D eigenvalue weighted by Gasteiger charge is -2.16. The van der Waals surface area contributed by atoms with Crippen LogP contribution in [-0.2, 0) is 11.3 Å². The third-order valence-electron chi connectivity index (χ3n) is 2.82. The Morgan fingerprint density at radius 1 is 1.65 bits per heavy atom. The summed E-state index contributed by atoms with van der Waals surface area (Å²) in [5, 5.41) is 5.44. The van der Waals surface area contributed by atoms with E-state index in [4.69, 9.17) is 0 Å². The molecule has 1 aromatic heterocycles. The zero-order valence-corrected chi connectivity index (χ0v) is 12.3. The highest BCUT2D eigenvalue weighted by atomic mass is 79.9. The van der Waals surface area contributed by atoms with Crippen molar-refractivity contribution in [2.75, 3.05) is 13.6 Å². The number of halogens is 1. The Bertz CT molecular complexity index is 390. The summed E-state index contributed by atoms with van der Waals surface area (Å²) in [4.78, 5) is 13.6. The molecule has 5 heteroatoms. The first kappa shape index (κ1) is 13.1. The molecule has 2 rings (SSSR count). The third-order valence-corrected chi connectivity index (χ3v) is 4.37. The molecule has 1 saturated carbocycles. The zero-order chi connectivity index (χ0) is 12.3. The first-order chi connectivity index (χ1) is 8.15. The van der Waals surface area contributed by atoms with Crippen LogP contribution in [0.4, 0.5) is 0 Å². The van der Waals surface area contributed by atoms with Crippen molar-refractivity contribution in [2.45, 2.75) is 31.8 Å². The number of carbonyl (C=O) groups excluding carboxylic acids is 1. The molecule has 1 aromatic rings. The van der Waals surface area contributed by atoms with Crippen LogP contribution < -0.4 is 5.32 Å². The van der Waals surface area contributed by atoms with E-state index in [1.54, 1.807) is 16.2 Å². The lowest BCUT2D eigenvalue weighted by Crippen LogP contribution is -2.30. The van der Waals surface area contributed by atoms with E-state index in [2.05, 4.69) is 32.7 Å². The van der Waals surface area contributed by atoms with Gasteiger partial charge in [-0.1, -0.05) is 0 Å². The van der Waals surface area contributed by atoms with E-state index >= 15 is 0 Å². The molecule has 1 aliphatic rings. The monoisotopic (exact) mass is 316 g/mol. The molecule has 0 unspecified atom stereocenters. The second kappa shape index (κ2) is 5.98. The molecule has 1 fully saturated rings. The Labute approximate surface area is 114 Å². The van der Waals surface area contributed by atoms with Gasteiger partial charge in [-0.3, -0.25) is 4.79 Å². The van der Waals surface area contributed by atoms with E-state index in [1.165, 1.54) is 18.4 Å². The van der Waals surface area contributed by atoms with Gasteiger partial charge in [-0.2, -0.15) is 0 Å². The van der Waals surface area contributed by atoms with Crippen LogP contribution in [0.1, 0.15) is 24.8 Å². The Morgan fingerprint density at radius 2 is 2.41 bits per heavy atom. The predicted molar refractivity (Wildman–Crippen MR) is 74.1 cm³/mol. The van der Waals surface area contributed by atoms with Crippen molar-refractivity contribution >= 4 is 33.2 Å². The molecule has 0 aromatic carbocycles. The predicted octanol–water partition coefficient (Wildman–Crippen LogP) is 2.61. The van der Waals surface area contributed by atoms with Crippen LogP contribution >= 0.6 is 27.3 Å². The average Bonchev–Trinajstić information content (AvgIpc) is 3.02. The van der Waals surface area contributed by atoms with Crippen molar-refractivity contribution in [2.24, 2.45) is 0 Å². The van der Waals surface area contributed by atoms with E-state index < -0.39 is 0 Å². The molecule has 0 saturated heterocycles. The molecule has 1 amide bonds. The number of hydrogen-bond donors (Lipinski definition) is 1. The summed E-state index contributed by atoms with van der Waals surface area (Å²) < 4.78 is 1.11. The quantitative estimate of drug-likeness (QED) is 0.875. The van der Waals surface area contributed by atoms with Gasteiger partial charge >= 0.3 is 0 Å². The summed E-state index contributed by atoms with van der Waals surface area (Å²) in [5.41, 5.74) is 1.19. The Balaban J connectivity index is 1.70. The van der Waals surface area contributed by atoms with Crippen LogP contribution in [0.3, 0.4) is 0 Å². The minimum Gasteiger partial charge on any atom is -0.341 e. The van der Waals surface area contributed by atoms with Gasteiger partial charge in [0.25, 0.3) is 0 Å². The summed E-state index contributed by atoms with van der Waals surface area (Å²) in [7, 11) is 1.87. The molecule has 0 bridgehead atoms. The van der Waals surface area contributed by atoms with Crippen LogP contribution in [0.2, 0.25) is 0 Å². The standard InChI is InChI=1S/C12H17BrN2OS/c1-15(7-9-6-11(13)17-8-9)12(16)4-5-14-10-2-3-10/h6,8,10,14H,2-5,7H2,1H3. The van der Waals surface area contributed by atoms with Crippen LogP contribution in [0.25, 0.3) is 0 Å². The molecule has 1 aliphatic carbocycles. The fourth-order valence-electron chi connectivity index (χ4n) is 1.65. The lowest BCUT2D eigenvalue weighted by molar-refractivity contribution is -0.130. The smallest absolute Gasteiger partial charge is 0.223 e. The molecular formula is C12H17BrN2OS. The van der Waals surface area contributed by atoms with Gasteiger partial charge in [0.1, 0.15) is 0 Å². The van der Waals surface area contributed by atoms with E-state index in [-0.39, 0.29) is 5.91 Å². The molecule has 0 aliphatic heterocycles. The maximum atomic E-state index is 11.8. The van der Waals surface area contributed by atoms with Crippen molar-refractivity contribution in [1.29, 1.82) is 0 Å². The number of rotatable bonds is 6. The van der Waals surface area contributed by atoms with Crippen molar-refractivity contribution in [1.82, 2.24) is 10.2 Å². The average molecular weight is 317 g/mol. The van der Waals surface area contributed by atoms with Gasteiger partial charge in [0.15, 0.2) is 0 Å². The molecule has 0 spiro atoms. The van der Waals surface area contributed by atoms with Crippen LogP contribution in [0.15, 0.2) is 15.2 Å². The number of hydrogen-bond acceptors (Lipinski definition) is 3. The van der Waals surface area contributed by atoms with Crippen molar-refractivity contribution in [3.63, 3.8) is 0 Å². The normalized spacial score (nSPS) is 14.9. The van der Waals surface area contributed by atoms with Crippen LogP contribution in [-0.4, -0.2) is 30.4 Å². The minimum atomic E-state index is 0.209. The van der Waals surface area contributed by atoms with Gasteiger partial charge in [-0.15, -0.1) is 11.3 Å². The second-order valence-corrected chi connectivity index (χ2v) is 6.78. The SMILES string of the molecule is CN(Cc1csc(Br)c1)C(=O)CCNC1CC1. The maximum absolute atomic E-state index is 11.8. The summed E-state index contributed by atoms with van der Waals surface area (Å²) in [6.45, 7) is 1.51. The van der Waals surface area contributed by atoms with E-state index in [1.807, 2.05) is 7.05 Å². The number of amides is 1. The van der Waals surface area contributed by atoms with Gasteiger partial charge in [-0.05, 0) is 45.8 Å². The molecular weight excluding hydrogens is 300 g/mol. The fraction of sp³-hybridized carbons (Fsp3) is 0.583. The van der Waals surface area contributed by atoms with E-state index in [9.17, 15) is 4.79 Å². The third kappa shape index (κ3) is 4.41. The maximum Gasteiger partial charge on any atom is 0.223 e.